The second kappa shape index (κ2) is 8.17. The minimum Gasteiger partial charge on any atom is -0.454 e. The molecule has 3 amide bonds. The molecule has 2 aliphatic rings. The molecule has 10 heteroatoms. The summed E-state index contributed by atoms with van der Waals surface area (Å²) in [6.45, 7) is 1.06. The number of benzene rings is 1. The molecule has 0 aromatic heterocycles. The predicted octanol–water partition coefficient (Wildman–Crippen LogP) is 0.878. The number of rotatable bonds is 6. The van der Waals surface area contributed by atoms with Crippen molar-refractivity contribution in [3.63, 3.8) is 0 Å². The molecule has 1 aromatic rings. The van der Waals surface area contributed by atoms with Gasteiger partial charge in [0, 0.05) is 17.9 Å². The summed E-state index contributed by atoms with van der Waals surface area (Å²) in [5.41, 5.74) is 0.393. The molecule has 2 fully saturated rings. The number of ether oxygens (including phenoxy) is 1. The van der Waals surface area contributed by atoms with Crippen LogP contribution in [0.1, 0.15) is 19.8 Å². The highest BCUT2D eigenvalue weighted by Gasteiger charge is 2.53. The number of nitrogens with one attached hydrogen (secondary N) is 2. The Kier molecular flexibility index (Phi) is 5.87. The van der Waals surface area contributed by atoms with Crippen LogP contribution in [0, 0.1) is 5.82 Å². The van der Waals surface area contributed by atoms with E-state index in [1.165, 1.54) is 36.0 Å². The van der Waals surface area contributed by atoms with Gasteiger partial charge in [-0.3, -0.25) is 14.4 Å². The van der Waals surface area contributed by atoms with Crippen molar-refractivity contribution >= 4 is 41.1 Å². The lowest BCUT2D eigenvalue weighted by atomic mass is 10.2. The molecule has 0 unspecified atom stereocenters. The number of hydrogen-bond acceptors (Lipinski definition) is 6. The molecule has 0 bridgehead atoms. The van der Waals surface area contributed by atoms with Crippen LogP contribution in [-0.2, 0) is 23.9 Å². The zero-order chi connectivity index (χ0) is 20.3. The van der Waals surface area contributed by atoms with E-state index in [1.807, 2.05) is 6.92 Å². The van der Waals surface area contributed by atoms with Gasteiger partial charge in [-0.2, -0.15) is 0 Å². The van der Waals surface area contributed by atoms with Gasteiger partial charge in [-0.05, 0) is 37.6 Å². The van der Waals surface area contributed by atoms with Gasteiger partial charge in [-0.25, -0.2) is 9.18 Å². The number of carbonyl (C=O) groups excluding carboxylic acids is 4. The highest BCUT2D eigenvalue weighted by atomic mass is 32.2. The average Bonchev–Trinajstić information content (AvgIpc) is 3.16. The van der Waals surface area contributed by atoms with Gasteiger partial charge in [0.25, 0.3) is 5.91 Å². The summed E-state index contributed by atoms with van der Waals surface area (Å²) in [5, 5.41) is 4.83. The van der Waals surface area contributed by atoms with E-state index in [9.17, 15) is 23.6 Å². The van der Waals surface area contributed by atoms with Crippen LogP contribution < -0.4 is 10.6 Å². The minimum atomic E-state index is -0.695. The number of nitrogens with zero attached hydrogens (tertiary/aromatic N) is 1. The molecule has 0 saturated carbocycles. The molecular weight excluding hydrogens is 389 g/mol. The van der Waals surface area contributed by atoms with Gasteiger partial charge in [0.15, 0.2) is 6.61 Å². The van der Waals surface area contributed by atoms with Crippen molar-refractivity contribution in [3.8, 4) is 0 Å². The van der Waals surface area contributed by atoms with Crippen LogP contribution in [0.2, 0.25) is 0 Å². The summed E-state index contributed by atoms with van der Waals surface area (Å²) >= 11 is 1.53. The lowest BCUT2D eigenvalue weighted by Gasteiger charge is -2.29. The van der Waals surface area contributed by atoms with Crippen molar-refractivity contribution in [1.29, 1.82) is 0 Å². The van der Waals surface area contributed by atoms with Crippen molar-refractivity contribution in [2.24, 2.45) is 0 Å². The lowest BCUT2D eigenvalue weighted by Crippen LogP contribution is -2.47. The zero-order valence-corrected chi connectivity index (χ0v) is 16.0. The maximum absolute atomic E-state index is 12.8. The van der Waals surface area contributed by atoms with Gasteiger partial charge in [-0.15, -0.1) is 11.8 Å². The van der Waals surface area contributed by atoms with Crippen LogP contribution in [0.3, 0.4) is 0 Å². The second-order valence-corrected chi connectivity index (χ2v) is 8.21. The van der Waals surface area contributed by atoms with Crippen molar-refractivity contribution in [2.75, 3.05) is 24.2 Å². The Balaban J connectivity index is 1.40. The number of anilines is 1. The lowest BCUT2D eigenvalue weighted by molar-refractivity contribution is -0.156. The molecule has 2 atom stereocenters. The number of halogens is 1. The SMILES string of the molecule is C[C@@]12CCC(=O)N1[C@H](C(=O)OCC(=O)NCC(=O)Nc1ccc(F)cc1)CS2. The third-order valence-corrected chi connectivity index (χ3v) is 6.14. The Morgan fingerprint density at radius 1 is 1.29 bits per heavy atom. The van der Waals surface area contributed by atoms with Gasteiger partial charge < -0.3 is 20.3 Å². The van der Waals surface area contributed by atoms with Gasteiger partial charge in [0.05, 0.1) is 11.4 Å². The molecule has 2 saturated heterocycles. The van der Waals surface area contributed by atoms with E-state index < -0.39 is 36.2 Å². The number of fused-ring (bicyclic) bond motifs is 1. The molecule has 2 aliphatic heterocycles. The third-order valence-electron chi connectivity index (χ3n) is 4.64. The number of amides is 3. The summed E-state index contributed by atoms with van der Waals surface area (Å²) < 4.78 is 17.8. The number of hydrogen-bond donors (Lipinski definition) is 2. The molecule has 150 valence electrons. The zero-order valence-electron chi connectivity index (χ0n) is 15.2. The fourth-order valence-electron chi connectivity index (χ4n) is 3.20. The quantitative estimate of drug-likeness (QED) is 0.676. The second-order valence-electron chi connectivity index (χ2n) is 6.71. The van der Waals surface area contributed by atoms with E-state index in [4.69, 9.17) is 4.74 Å². The largest absolute Gasteiger partial charge is 0.454 e. The monoisotopic (exact) mass is 409 g/mol. The van der Waals surface area contributed by atoms with Crippen LogP contribution in [0.5, 0.6) is 0 Å². The van der Waals surface area contributed by atoms with E-state index in [1.54, 1.807) is 4.90 Å². The van der Waals surface area contributed by atoms with Crippen molar-refractivity contribution in [1.82, 2.24) is 10.2 Å². The first-order chi connectivity index (χ1) is 13.3. The maximum atomic E-state index is 12.8. The molecule has 8 nitrogen and oxygen atoms in total. The molecule has 3 rings (SSSR count). The normalized spacial score (nSPS) is 23.3. The van der Waals surface area contributed by atoms with Gasteiger partial charge in [0.2, 0.25) is 11.8 Å². The Hall–Kier alpha value is -2.62. The van der Waals surface area contributed by atoms with Crippen LogP contribution in [0.4, 0.5) is 10.1 Å². The Bertz CT molecular complexity index is 803. The number of thioether (sulfide) groups is 1. The third kappa shape index (κ3) is 4.44. The van der Waals surface area contributed by atoms with E-state index in [-0.39, 0.29) is 17.3 Å². The predicted molar refractivity (Wildman–Crippen MR) is 99.7 cm³/mol. The smallest absolute Gasteiger partial charge is 0.330 e. The molecule has 0 radical (unpaired) electrons. The first-order valence-electron chi connectivity index (χ1n) is 8.73. The highest BCUT2D eigenvalue weighted by molar-refractivity contribution is 8.01. The molecule has 0 aliphatic carbocycles. The first-order valence-corrected chi connectivity index (χ1v) is 9.72. The fraction of sp³-hybridized carbons (Fsp3) is 0.444. The summed E-state index contributed by atoms with van der Waals surface area (Å²) in [7, 11) is 0. The standard InChI is InChI=1S/C18H20FN3O5S/c1-18-7-6-16(25)22(18)13(10-28-18)17(26)27-9-15(24)20-8-14(23)21-12-4-2-11(19)3-5-12/h2-5,13H,6-10H2,1H3,(H,20,24)(H,21,23)/t13-,18+/m0/s1. The summed E-state index contributed by atoms with van der Waals surface area (Å²) in [5.74, 6) is -1.85. The van der Waals surface area contributed by atoms with Crippen molar-refractivity contribution in [2.45, 2.75) is 30.7 Å². The van der Waals surface area contributed by atoms with Gasteiger partial charge >= 0.3 is 5.97 Å². The fourth-order valence-corrected chi connectivity index (χ4v) is 4.61. The van der Waals surface area contributed by atoms with Crippen LogP contribution in [0.25, 0.3) is 0 Å². The van der Waals surface area contributed by atoms with Gasteiger partial charge in [0.1, 0.15) is 11.9 Å². The van der Waals surface area contributed by atoms with Crippen LogP contribution in [-0.4, -0.2) is 58.4 Å². The topological polar surface area (TPSA) is 105 Å². The molecular formula is C18H20FN3O5S. The molecule has 2 N–H and O–H groups in total. The van der Waals surface area contributed by atoms with E-state index in [0.717, 1.165) is 0 Å². The van der Waals surface area contributed by atoms with Crippen LogP contribution >= 0.6 is 11.8 Å². The minimum absolute atomic E-state index is 0.0867. The van der Waals surface area contributed by atoms with E-state index in [2.05, 4.69) is 10.6 Å². The molecule has 0 spiro atoms. The Morgan fingerprint density at radius 3 is 2.71 bits per heavy atom. The molecule has 1 aromatic carbocycles. The van der Waals surface area contributed by atoms with Gasteiger partial charge in [-0.1, -0.05) is 0 Å². The first kappa shape index (κ1) is 20.1. The molecule has 2 heterocycles. The Labute approximate surface area is 165 Å². The van der Waals surface area contributed by atoms with Crippen molar-refractivity contribution < 1.29 is 28.3 Å². The number of esters is 1. The maximum Gasteiger partial charge on any atom is 0.330 e. The highest BCUT2D eigenvalue weighted by Crippen LogP contribution is 2.47. The molecule has 28 heavy (non-hydrogen) atoms. The Morgan fingerprint density at radius 2 is 2.00 bits per heavy atom. The van der Waals surface area contributed by atoms with E-state index in [0.29, 0.717) is 24.3 Å². The van der Waals surface area contributed by atoms with Crippen LogP contribution in [0.15, 0.2) is 24.3 Å². The average molecular weight is 409 g/mol. The van der Waals surface area contributed by atoms with E-state index >= 15 is 0 Å². The summed E-state index contributed by atoms with van der Waals surface area (Å²) in [6, 6.07) is 4.49. The summed E-state index contributed by atoms with van der Waals surface area (Å²) in [6.07, 6.45) is 1.08. The van der Waals surface area contributed by atoms with Crippen molar-refractivity contribution in [3.05, 3.63) is 30.1 Å². The number of carbonyl (C=O) groups is 4. The summed E-state index contributed by atoms with van der Waals surface area (Å²) in [4.78, 5) is 49.0.